The Labute approximate surface area is 141 Å². The predicted octanol–water partition coefficient (Wildman–Crippen LogP) is 2.37. The molecule has 3 rings (SSSR count). The zero-order valence-corrected chi connectivity index (χ0v) is 14.2. The molecule has 1 aromatic carbocycles. The summed E-state index contributed by atoms with van der Waals surface area (Å²) in [5.41, 5.74) is 7.90. The first-order valence-electron chi connectivity index (χ1n) is 7.92. The van der Waals surface area contributed by atoms with Gasteiger partial charge in [-0.3, -0.25) is 4.90 Å². The summed E-state index contributed by atoms with van der Waals surface area (Å²) < 4.78 is 11.2. The van der Waals surface area contributed by atoms with Crippen LogP contribution >= 0.6 is 11.3 Å². The van der Waals surface area contributed by atoms with E-state index in [0.29, 0.717) is 6.54 Å². The second-order valence-corrected chi connectivity index (χ2v) is 6.52. The standard InChI is InChI=1S/C17H23N3O2S/c1-21-16-6-3-2-5-15(16)17-19-13(12-23-17)10-20-7-4-8-22-14(9-18)11-20/h2-3,5-6,12,14H,4,7-11,18H2,1H3. The van der Waals surface area contributed by atoms with Gasteiger partial charge in [0.25, 0.3) is 0 Å². The molecule has 6 heteroatoms. The number of nitrogens with zero attached hydrogens (tertiary/aromatic N) is 2. The van der Waals surface area contributed by atoms with Gasteiger partial charge in [0, 0.05) is 38.2 Å². The van der Waals surface area contributed by atoms with Gasteiger partial charge in [-0.1, -0.05) is 12.1 Å². The van der Waals surface area contributed by atoms with Gasteiger partial charge >= 0.3 is 0 Å². The summed E-state index contributed by atoms with van der Waals surface area (Å²) in [6.45, 7) is 4.10. The molecular weight excluding hydrogens is 310 g/mol. The number of thiazole rings is 1. The topological polar surface area (TPSA) is 60.6 Å². The number of nitrogens with two attached hydrogens (primary N) is 1. The van der Waals surface area contributed by atoms with Gasteiger partial charge in [-0.15, -0.1) is 11.3 Å². The Hall–Kier alpha value is -1.47. The molecule has 1 atom stereocenters. The summed E-state index contributed by atoms with van der Waals surface area (Å²) in [5.74, 6) is 0.861. The zero-order chi connectivity index (χ0) is 16.1. The molecule has 1 aromatic heterocycles. The van der Waals surface area contributed by atoms with Crippen LogP contribution in [0.2, 0.25) is 0 Å². The van der Waals surface area contributed by atoms with Crippen molar-refractivity contribution in [3.8, 4) is 16.3 Å². The number of methoxy groups -OCH3 is 1. The molecule has 1 unspecified atom stereocenters. The second kappa shape index (κ2) is 7.88. The van der Waals surface area contributed by atoms with Crippen molar-refractivity contribution in [3.63, 3.8) is 0 Å². The van der Waals surface area contributed by atoms with E-state index in [9.17, 15) is 0 Å². The first-order valence-corrected chi connectivity index (χ1v) is 8.80. The number of benzene rings is 1. The fourth-order valence-corrected chi connectivity index (χ4v) is 3.65. The van der Waals surface area contributed by atoms with E-state index in [4.69, 9.17) is 20.2 Å². The van der Waals surface area contributed by atoms with Gasteiger partial charge in [0.15, 0.2) is 0 Å². The quantitative estimate of drug-likeness (QED) is 0.910. The number of aromatic nitrogens is 1. The third-order valence-electron chi connectivity index (χ3n) is 3.97. The first kappa shape index (κ1) is 16.4. The van der Waals surface area contributed by atoms with Crippen molar-refractivity contribution < 1.29 is 9.47 Å². The summed E-state index contributed by atoms with van der Waals surface area (Å²) in [6, 6.07) is 8.00. The molecular formula is C17H23N3O2S. The van der Waals surface area contributed by atoms with Crippen LogP contribution in [0.25, 0.3) is 10.6 Å². The second-order valence-electron chi connectivity index (χ2n) is 5.66. The molecule has 2 N–H and O–H groups in total. The van der Waals surface area contributed by atoms with E-state index >= 15 is 0 Å². The smallest absolute Gasteiger partial charge is 0.129 e. The van der Waals surface area contributed by atoms with Crippen molar-refractivity contribution in [2.24, 2.45) is 5.73 Å². The lowest BCUT2D eigenvalue weighted by molar-refractivity contribution is 0.0595. The number of ether oxygens (including phenoxy) is 2. The van der Waals surface area contributed by atoms with Gasteiger partial charge in [0.1, 0.15) is 10.8 Å². The van der Waals surface area contributed by atoms with Gasteiger partial charge < -0.3 is 15.2 Å². The highest BCUT2D eigenvalue weighted by molar-refractivity contribution is 7.13. The molecule has 23 heavy (non-hydrogen) atoms. The van der Waals surface area contributed by atoms with Crippen LogP contribution in [0.4, 0.5) is 0 Å². The van der Waals surface area contributed by atoms with Crippen LogP contribution < -0.4 is 10.5 Å². The van der Waals surface area contributed by atoms with Crippen molar-refractivity contribution >= 4 is 11.3 Å². The lowest BCUT2D eigenvalue weighted by atomic mass is 10.2. The van der Waals surface area contributed by atoms with E-state index < -0.39 is 0 Å². The fourth-order valence-electron chi connectivity index (χ4n) is 2.81. The molecule has 0 bridgehead atoms. The van der Waals surface area contributed by atoms with Crippen LogP contribution in [0.3, 0.4) is 0 Å². The fraction of sp³-hybridized carbons (Fsp3) is 0.471. The van der Waals surface area contributed by atoms with Crippen molar-refractivity contribution in [2.75, 3.05) is 33.4 Å². The van der Waals surface area contributed by atoms with E-state index in [1.54, 1.807) is 18.4 Å². The molecule has 1 aliphatic rings. The maximum atomic E-state index is 5.76. The molecule has 0 saturated carbocycles. The minimum absolute atomic E-state index is 0.129. The van der Waals surface area contributed by atoms with Gasteiger partial charge in [-0.05, 0) is 18.6 Å². The molecule has 5 nitrogen and oxygen atoms in total. The van der Waals surface area contributed by atoms with Crippen LogP contribution in [0.1, 0.15) is 12.1 Å². The van der Waals surface area contributed by atoms with Crippen LogP contribution in [-0.4, -0.2) is 49.3 Å². The van der Waals surface area contributed by atoms with Crippen molar-refractivity contribution in [1.29, 1.82) is 0 Å². The monoisotopic (exact) mass is 333 g/mol. The third kappa shape index (κ3) is 4.09. The minimum Gasteiger partial charge on any atom is -0.496 e. The van der Waals surface area contributed by atoms with Crippen LogP contribution in [0.15, 0.2) is 29.6 Å². The van der Waals surface area contributed by atoms with Crippen molar-refractivity contribution in [3.05, 3.63) is 35.3 Å². The molecule has 2 aromatic rings. The summed E-state index contributed by atoms with van der Waals surface area (Å²) >= 11 is 1.66. The lowest BCUT2D eigenvalue weighted by Gasteiger charge is -2.21. The van der Waals surface area contributed by atoms with Gasteiger partial charge in [-0.2, -0.15) is 0 Å². The average Bonchev–Trinajstić information content (AvgIpc) is 2.93. The van der Waals surface area contributed by atoms with Crippen LogP contribution in [0, 0.1) is 0 Å². The summed E-state index contributed by atoms with van der Waals surface area (Å²) in [4.78, 5) is 7.17. The predicted molar refractivity (Wildman–Crippen MR) is 92.8 cm³/mol. The van der Waals surface area contributed by atoms with E-state index in [1.807, 2.05) is 24.3 Å². The summed E-state index contributed by atoms with van der Waals surface area (Å²) in [6.07, 6.45) is 1.17. The van der Waals surface area contributed by atoms with Crippen LogP contribution in [-0.2, 0) is 11.3 Å². The molecule has 1 saturated heterocycles. The maximum absolute atomic E-state index is 5.76. The van der Waals surface area contributed by atoms with E-state index in [2.05, 4.69) is 10.3 Å². The Kier molecular flexibility index (Phi) is 5.61. The summed E-state index contributed by atoms with van der Waals surface area (Å²) in [7, 11) is 1.69. The maximum Gasteiger partial charge on any atom is 0.129 e. The van der Waals surface area contributed by atoms with E-state index in [1.165, 1.54) is 0 Å². The normalized spacial score (nSPS) is 19.5. The van der Waals surface area contributed by atoms with Crippen LogP contribution in [0.5, 0.6) is 5.75 Å². The van der Waals surface area contributed by atoms with E-state index in [0.717, 1.165) is 54.7 Å². The number of hydrogen-bond donors (Lipinski definition) is 1. The molecule has 0 amide bonds. The highest BCUT2D eigenvalue weighted by atomic mass is 32.1. The average molecular weight is 333 g/mol. The van der Waals surface area contributed by atoms with Gasteiger partial charge in [0.2, 0.25) is 0 Å². The largest absolute Gasteiger partial charge is 0.496 e. The zero-order valence-electron chi connectivity index (χ0n) is 13.4. The first-order chi connectivity index (χ1) is 11.3. The van der Waals surface area contributed by atoms with E-state index in [-0.39, 0.29) is 6.10 Å². The SMILES string of the molecule is COc1ccccc1-c1nc(CN2CCCOC(CN)C2)cs1. The van der Waals surface area contributed by atoms with Gasteiger partial charge in [0.05, 0.1) is 24.5 Å². The lowest BCUT2D eigenvalue weighted by Crippen LogP contribution is -2.35. The number of rotatable bonds is 5. The van der Waals surface area contributed by atoms with Crippen molar-refractivity contribution in [1.82, 2.24) is 9.88 Å². The summed E-state index contributed by atoms with van der Waals surface area (Å²) in [5, 5.41) is 3.13. The Morgan fingerprint density at radius 2 is 2.30 bits per heavy atom. The van der Waals surface area contributed by atoms with Crippen molar-refractivity contribution in [2.45, 2.75) is 19.1 Å². The molecule has 1 aliphatic heterocycles. The molecule has 0 spiro atoms. The third-order valence-corrected chi connectivity index (χ3v) is 4.90. The minimum atomic E-state index is 0.129. The molecule has 1 fully saturated rings. The Morgan fingerprint density at radius 1 is 1.43 bits per heavy atom. The number of para-hydroxylation sites is 1. The Morgan fingerprint density at radius 3 is 3.13 bits per heavy atom. The molecule has 2 heterocycles. The highest BCUT2D eigenvalue weighted by Crippen LogP contribution is 2.32. The number of hydrogen-bond acceptors (Lipinski definition) is 6. The highest BCUT2D eigenvalue weighted by Gasteiger charge is 2.19. The molecule has 0 aliphatic carbocycles. The Balaban J connectivity index is 1.72. The molecule has 0 radical (unpaired) electrons. The molecule has 124 valence electrons. The Bertz CT molecular complexity index is 632. The van der Waals surface area contributed by atoms with Gasteiger partial charge in [-0.25, -0.2) is 4.98 Å².